The summed E-state index contributed by atoms with van der Waals surface area (Å²) in [5.41, 5.74) is 9.94. The van der Waals surface area contributed by atoms with Crippen molar-refractivity contribution in [2.75, 3.05) is 17.3 Å². The van der Waals surface area contributed by atoms with Gasteiger partial charge in [-0.25, -0.2) is 0 Å². The lowest BCUT2D eigenvalue weighted by atomic mass is 9.68. The van der Waals surface area contributed by atoms with Crippen LogP contribution in [0.4, 0.5) is 5.13 Å². The number of thioether (sulfide) groups is 1. The highest BCUT2D eigenvalue weighted by Crippen LogP contribution is 2.51. The molecule has 0 spiro atoms. The van der Waals surface area contributed by atoms with Gasteiger partial charge in [-0.3, -0.25) is 14.5 Å². The summed E-state index contributed by atoms with van der Waals surface area (Å²) in [5.74, 6) is -0.475. The maximum Gasteiger partial charge on any atom is 0.316 e. The molecular formula is C25H27N5O3S2. The van der Waals surface area contributed by atoms with Gasteiger partial charge < -0.3 is 10.5 Å². The van der Waals surface area contributed by atoms with Gasteiger partial charge >= 0.3 is 5.97 Å². The predicted octanol–water partition coefficient (Wildman–Crippen LogP) is 4.44. The summed E-state index contributed by atoms with van der Waals surface area (Å²) >= 11 is 2.49. The fourth-order valence-corrected chi connectivity index (χ4v) is 6.30. The first-order valence-electron chi connectivity index (χ1n) is 11.3. The third-order valence-corrected chi connectivity index (χ3v) is 8.10. The summed E-state index contributed by atoms with van der Waals surface area (Å²) in [6, 6.07) is 10.1. The Morgan fingerprint density at radius 2 is 2.09 bits per heavy atom. The molecule has 1 unspecified atom stereocenters. The number of hydrogen-bond acceptors (Lipinski definition) is 10. The summed E-state index contributed by atoms with van der Waals surface area (Å²) in [5, 5.41) is 19.2. The number of ether oxygens (including phenoxy) is 1. The summed E-state index contributed by atoms with van der Waals surface area (Å²) < 4.78 is 5.55. The molecule has 1 atom stereocenters. The molecule has 0 bridgehead atoms. The monoisotopic (exact) mass is 509 g/mol. The number of esters is 1. The molecule has 0 fully saturated rings. The van der Waals surface area contributed by atoms with Gasteiger partial charge in [-0.2, -0.15) is 5.26 Å². The van der Waals surface area contributed by atoms with Crippen molar-refractivity contribution in [3.8, 4) is 6.07 Å². The van der Waals surface area contributed by atoms with Gasteiger partial charge in [0.2, 0.25) is 5.13 Å². The molecule has 0 saturated carbocycles. The van der Waals surface area contributed by atoms with Gasteiger partial charge in [-0.15, -0.1) is 10.2 Å². The number of benzene rings is 1. The van der Waals surface area contributed by atoms with Crippen LogP contribution in [-0.4, -0.2) is 34.3 Å². The van der Waals surface area contributed by atoms with Crippen molar-refractivity contribution in [1.29, 1.82) is 5.26 Å². The van der Waals surface area contributed by atoms with Crippen LogP contribution in [0.5, 0.6) is 0 Å². The molecule has 2 heterocycles. The van der Waals surface area contributed by atoms with Gasteiger partial charge in [-0.1, -0.05) is 61.2 Å². The van der Waals surface area contributed by atoms with E-state index < -0.39 is 5.92 Å². The van der Waals surface area contributed by atoms with Crippen molar-refractivity contribution in [2.24, 2.45) is 11.1 Å². The number of nitrogens with two attached hydrogens (primary N) is 1. The van der Waals surface area contributed by atoms with Crippen molar-refractivity contribution >= 4 is 40.0 Å². The number of ketones is 1. The van der Waals surface area contributed by atoms with Crippen LogP contribution >= 0.6 is 23.1 Å². The molecule has 2 N–H and O–H groups in total. The van der Waals surface area contributed by atoms with E-state index in [2.05, 4.69) is 30.1 Å². The van der Waals surface area contributed by atoms with E-state index in [-0.39, 0.29) is 28.7 Å². The van der Waals surface area contributed by atoms with Gasteiger partial charge in [0.1, 0.15) is 5.82 Å². The number of anilines is 1. The lowest BCUT2D eigenvalue weighted by molar-refractivity contribution is -0.139. The number of nitriles is 1. The second-order valence-corrected chi connectivity index (χ2v) is 11.5. The summed E-state index contributed by atoms with van der Waals surface area (Å²) in [7, 11) is 0. The van der Waals surface area contributed by atoms with Crippen LogP contribution in [0.1, 0.15) is 50.7 Å². The van der Waals surface area contributed by atoms with Crippen molar-refractivity contribution in [2.45, 2.75) is 50.8 Å². The molecule has 1 aromatic heterocycles. The van der Waals surface area contributed by atoms with Crippen LogP contribution in [0.15, 0.2) is 51.3 Å². The van der Waals surface area contributed by atoms with Gasteiger partial charge in [0.15, 0.2) is 10.1 Å². The van der Waals surface area contributed by atoms with Crippen LogP contribution in [0.25, 0.3) is 0 Å². The summed E-state index contributed by atoms with van der Waals surface area (Å²) in [4.78, 5) is 27.0. The average Bonchev–Trinajstić information content (AvgIpc) is 3.25. The molecule has 0 radical (unpaired) electrons. The molecule has 2 aromatic rings. The maximum absolute atomic E-state index is 13.6. The van der Waals surface area contributed by atoms with Crippen LogP contribution in [0, 0.1) is 23.7 Å². The number of carbonyl (C=O) groups excluding carboxylic acids is 2. The largest absolute Gasteiger partial charge is 0.465 e. The fourth-order valence-electron chi connectivity index (χ4n) is 4.62. The minimum Gasteiger partial charge on any atom is -0.465 e. The zero-order chi connectivity index (χ0) is 25.3. The van der Waals surface area contributed by atoms with Crippen molar-refractivity contribution < 1.29 is 14.3 Å². The number of nitrogens with zero attached hydrogens (tertiary/aromatic N) is 4. The Hall–Kier alpha value is -3.16. The molecule has 182 valence electrons. The van der Waals surface area contributed by atoms with Crippen LogP contribution in [0.2, 0.25) is 0 Å². The highest BCUT2D eigenvalue weighted by molar-refractivity contribution is 8.01. The zero-order valence-corrected chi connectivity index (χ0v) is 21.8. The maximum atomic E-state index is 13.6. The second-order valence-electron chi connectivity index (χ2n) is 9.28. The first-order chi connectivity index (χ1) is 16.7. The number of allylic oxidation sites excluding steroid dienone is 3. The number of carbonyl (C=O) groups is 2. The number of aromatic nitrogens is 2. The van der Waals surface area contributed by atoms with Crippen molar-refractivity contribution in [3.05, 3.63) is 58.1 Å². The molecular weight excluding hydrogens is 482 g/mol. The Balaban J connectivity index is 1.82. The zero-order valence-electron chi connectivity index (χ0n) is 20.1. The average molecular weight is 510 g/mol. The van der Waals surface area contributed by atoms with E-state index in [0.29, 0.717) is 40.1 Å². The molecule has 35 heavy (non-hydrogen) atoms. The molecule has 10 heteroatoms. The molecule has 0 amide bonds. The first-order valence-corrected chi connectivity index (χ1v) is 13.1. The van der Waals surface area contributed by atoms with Crippen molar-refractivity contribution in [3.63, 3.8) is 0 Å². The first kappa shape index (κ1) is 24.9. The van der Waals surface area contributed by atoms with E-state index in [1.54, 1.807) is 11.8 Å². The highest BCUT2D eigenvalue weighted by Gasteiger charge is 2.45. The van der Waals surface area contributed by atoms with Gasteiger partial charge in [0.25, 0.3) is 0 Å². The molecule has 1 aliphatic heterocycles. The Morgan fingerprint density at radius 1 is 1.34 bits per heavy atom. The highest BCUT2D eigenvalue weighted by atomic mass is 32.2. The molecule has 1 aliphatic carbocycles. The summed E-state index contributed by atoms with van der Waals surface area (Å²) in [6.07, 6.45) is 0.984. The third kappa shape index (κ3) is 4.83. The van der Waals surface area contributed by atoms with E-state index in [9.17, 15) is 14.9 Å². The van der Waals surface area contributed by atoms with Gasteiger partial charge in [0.05, 0.1) is 29.9 Å². The topological polar surface area (TPSA) is 122 Å². The molecule has 4 rings (SSSR count). The molecule has 8 nitrogen and oxygen atoms in total. The Morgan fingerprint density at radius 3 is 2.77 bits per heavy atom. The lowest BCUT2D eigenvalue weighted by Gasteiger charge is -2.42. The molecule has 0 saturated heterocycles. The summed E-state index contributed by atoms with van der Waals surface area (Å²) in [6.45, 7) is 8.15. The quantitative estimate of drug-likeness (QED) is 0.445. The Kier molecular flexibility index (Phi) is 7.01. The van der Waals surface area contributed by atoms with Gasteiger partial charge in [-0.05, 0) is 36.8 Å². The Bertz CT molecular complexity index is 1290. The predicted molar refractivity (Wildman–Crippen MR) is 136 cm³/mol. The Labute approximate surface area is 212 Å². The SMILES string of the molecule is CCOC(=O)CSc1nnc(N2C(N)=C(C#N)C(c3ccccc3C)C3=C2CC(C)(C)CC3=O)s1. The minimum atomic E-state index is -0.526. The van der Waals surface area contributed by atoms with Crippen LogP contribution in [-0.2, 0) is 14.3 Å². The minimum absolute atomic E-state index is 0.0103. The van der Waals surface area contributed by atoms with E-state index in [0.717, 1.165) is 16.8 Å². The lowest BCUT2D eigenvalue weighted by Crippen LogP contribution is -2.42. The molecule has 2 aliphatic rings. The van der Waals surface area contributed by atoms with Crippen molar-refractivity contribution in [1.82, 2.24) is 10.2 Å². The smallest absolute Gasteiger partial charge is 0.316 e. The van der Waals surface area contributed by atoms with E-state index in [4.69, 9.17) is 10.5 Å². The number of hydrogen-bond donors (Lipinski definition) is 1. The normalized spacial score (nSPS) is 19.5. The number of Topliss-reactive ketones (excluding diaryl/α,β-unsaturated/α-hetero) is 1. The van der Waals surface area contributed by atoms with E-state index in [1.165, 1.54) is 23.1 Å². The standard InChI is InChI=1S/C25H27N5O3S2/c1-5-33-19(32)13-34-24-29-28-23(35-24)30-17-10-25(3,4)11-18(31)21(17)20(16(12-26)22(30)27)15-9-7-6-8-14(15)2/h6-9,20H,5,10-11,13,27H2,1-4H3. The van der Waals surface area contributed by atoms with Crippen LogP contribution < -0.4 is 10.6 Å². The fraction of sp³-hybridized carbons (Fsp3) is 0.400. The second kappa shape index (κ2) is 9.84. The van der Waals surface area contributed by atoms with E-state index >= 15 is 0 Å². The van der Waals surface area contributed by atoms with Crippen LogP contribution in [0.3, 0.4) is 0 Å². The molecule has 1 aromatic carbocycles. The van der Waals surface area contributed by atoms with E-state index in [1.807, 2.05) is 31.2 Å². The number of rotatable bonds is 6. The van der Waals surface area contributed by atoms with Gasteiger partial charge in [0, 0.05) is 17.7 Å². The third-order valence-electron chi connectivity index (χ3n) is 6.09. The number of aryl methyl sites for hydroxylation is 1.